The molecule has 0 aliphatic heterocycles. The minimum atomic E-state index is 0.737. The Morgan fingerprint density at radius 2 is 1.95 bits per heavy atom. The van der Waals surface area contributed by atoms with Crippen LogP contribution in [-0.4, -0.2) is 18.7 Å². The van der Waals surface area contributed by atoms with Gasteiger partial charge in [0.25, 0.3) is 0 Å². The zero-order chi connectivity index (χ0) is 13.5. The Morgan fingerprint density at radius 3 is 2.74 bits per heavy atom. The fraction of sp³-hybridized carbons (Fsp3) is 0.312. The minimum Gasteiger partial charge on any atom is -0.384 e. The summed E-state index contributed by atoms with van der Waals surface area (Å²) >= 11 is 0. The maximum absolute atomic E-state index is 5.14. The summed E-state index contributed by atoms with van der Waals surface area (Å²) in [6.07, 6.45) is 0.918. The van der Waals surface area contributed by atoms with Crippen LogP contribution in [-0.2, 0) is 17.7 Å². The number of aromatic nitrogens is 1. The van der Waals surface area contributed by atoms with Crippen molar-refractivity contribution >= 4 is 5.69 Å². The van der Waals surface area contributed by atoms with E-state index >= 15 is 0 Å². The van der Waals surface area contributed by atoms with E-state index in [1.165, 1.54) is 5.56 Å². The summed E-state index contributed by atoms with van der Waals surface area (Å²) in [4.78, 5) is 4.49. The maximum atomic E-state index is 5.14. The Bertz CT molecular complexity index is 526. The molecule has 0 radical (unpaired) electrons. The molecular formula is C16H20N2O. The zero-order valence-electron chi connectivity index (χ0n) is 11.5. The van der Waals surface area contributed by atoms with Crippen molar-refractivity contribution in [1.29, 1.82) is 0 Å². The van der Waals surface area contributed by atoms with Crippen LogP contribution in [0.25, 0.3) is 0 Å². The smallest absolute Gasteiger partial charge is 0.0597 e. The quantitative estimate of drug-likeness (QED) is 0.862. The van der Waals surface area contributed by atoms with Crippen molar-refractivity contribution in [2.75, 3.05) is 19.0 Å². The number of methoxy groups -OCH3 is 1. The second-order valence-corrected chi connectivity index (χ2v) is 4.52. The Kier molecular flexibility index (Phi) is 4.93. The third-order valence-electron chi connectivity index (χ3n) is 3.00. The number of para-hydroxylation sites is 1. The summed E-state index contributed by atoms with van der Waals surface area (Å²) in [7, 11) is 1.73. The first-order valence-electron chi connectivity index (χ1n) is 6.53. The van der Waals surface area contributed by atoms with Crippen molar-refractivity contribution in [3.8, 4) is 0 Å². The fourth-order valence-corrected chi connectivity index (χ4v) is 2.01. The van der Waals surface area contributed by atoms with Crippen LogP contribution < -0.4 is 5.32 Å². The lowest BCUT2D eigenvalue weighted by Gasteiger charge is -2.11. The van der Waals surface area contributed by atoms with Gasteiger partial charge in [0.05, 0.1) is 18.8 Å². The molecule has 0 fully saturated rings. The first-order valence-corrected chi connectivity index (χ1v) is 6.53. The van der Waals surface area contributed by atoms with Gasteiger partial charge in [-0.3, -0.25) is 4.98 Å². The molecule has 2 rings (SSSR count). The Hall–Kier alpha value is -1.87. The standard InChI is InChI=1S/C16H20N2O/c1-13-6-5-8-15(18-13)12-17-16-9-4-3-7-14(16)10-11-19-2/h3-9,17H,10-12H2,1-2H3. The summed E-state index contributed by atoms with van der Waals surface area (Å²) in [5, 5.41) is 3.45. The van der Waals surface area contributed by atoms with E-state index in [-0.39, 0.29) is 0 Å². The molecule has 0 atom stereocenters. The lowest BCUT2D eigenvalue weighted by Crippen LogP contribution is -2.05. The van der Waals surface area contributed by atoms with Gasteiger partial charge in [0.2, 0.25) is 0 Å². The second-order valence-electron chi connectivity index (χ2n) is 4.52. The molecule has 0 bridgehead atoms. The van der Waals surface area contributed by atoms with Gasteiger partial charge in [0.15, 0.2) is 0 Å². The number of hydrogen-bond acceptors (Lipinski definition) is 3. The second kappa shape index (κ2) is 6.90. The number of benzene rings is 1. The number of rotatable bonds is 6. The van der Waals surface area contributed by atoms with Gasteiger partial charge < -0.3 is 10.1 Å². The molecule has 0 spiro atoms. The molecule has 0 unspecified atom stereocenters. The van der Waals surface area contributed by atoms with Crippen LogP contribution in [0.2, 0.25) is 0 Å². The third kappa shape index (κ3) is 4.07. The van der Waals surface area contributed by atoms with E-state index in [1.54, 1.807) is 7.11 Å². The van der Waals surface area contributed by atoms with Gasteiger partial charge in [-0.2, -0.15) is 0 Å². The predicted octanol–water partition coefficient (Wildman–Crippen LogP) is 3.19. The van der Waals surface area contributed by atoms with Crippen LogP contribution in [0.1, 0.15) is 17.0 Å². The molecule has 1 N–H and O–H groups in total. The van der Waals surface area contributed by atoms with E-state index in [0.29, 0.717) is 0 Å². The first-order chi connectivity index (χ1) is 9.29. The summed E-state index contributed by atoms with van der Waals surface area (Å²) in [6, 6.07) is 14.4. The van der Waals surface area contributed by atoms with Gasteiger partial charge >= 0.3 is 0 Å². The maximum Gasteiger partial charge on any atom is 0.0597 e. The average molecular weight is 256 g/mol. The molecule has 2 aromatic rings. The minimum absolute atomic E-state index is 0.737. The number of nitrogens with one attached hydrogen (secondary N) is 1. The molecule has 0 aliphatic rings. The number of nitrogens with zero attached hydrogens (tertiary/aromatic N) is 1. The van der Waals surface area contributed by atoms with Gasteiger partial charge in [-0.25, -0.2) is 0 Å². The molecule has 100 valence electrons. The van der Waals surface area contributed by atoms with Gasteiger partial charge in [0, 0.05) is 18.5 Å². The van der Waals surface area contributed by atoms with Crippen LogP contribution in [0.4, 0.5) is 5.69 Å². The first kappa shape index (κ1) is 13.6. The van der Waals surface area contributed by atoms with Crippen molar-refractivity contribution in [1.82, 2.24) is 4.98 Å². The highest BCUT2D eigenvalue weighted by Gasteiger charge is 2.02. The highest BCUT2D eigenvalue weighted by atomic mass is 16.5. The van der Waals surface area contributed by atoms with Crippen molar-refractivity contribution in [2.24, 2.45) is 0 Å². The van der Waals surface area contributed by atoms with Gasteiger partial charge in [-0.15, -0.1) is 0 Å². The van der Waals surface area contributed by atoms with Gasteiger partial charge in [0.1, 0.15) is 0 Å². The van der Waals surface area contributed by atoms with E-state index in [4.69, 9.17) is 4.74 Å². The Labute approximate surface area is 114 Å². The Balaban J connectivity index is 2.02. The molecule has 1 aromatic heterocycles. The molecule has 0 saturated heterocycles. The van der Waals surface area contributed by atoms with Gasteiger partial charge in [-0.05, 0) is 37.1 Å². The number of hydrogen-bond donors (Lipinski definition) is 1. The molecule has 19 heavy (non-hydrogen) atoms. The summed E-state index contributed by atoms with van der Waals surface area (Å²) < 4.78 is 5.14. The monoisotopic (exact) mass is 256 g/mol. The van der Waals surface area contributed by atoms with E-state index in [9.17, 15) is 0 Å². The number of ether oxygens (including phenoxy) is 1. The van der Waals surface area contributed by atoms with Crippen molar-refractivity contribution < 1.29 is 4.74 Å². The SMILES string of the molecule is COCCc1ccccc1NCc1cccc(C)n1. The summed E-state index contributed by atoms with van der Waals surface area (Å²) in [5.41, 5.74) is 4.54. The molecule has 0 amide bonds. The molecule has 0 aliphatic carbocycles. The fourth-order valence-electron chi connectivity index (χ4n) is 2.01. The average Bonchev–Trinajstić information content (AvgIpc) is 2.44. The molecule has 1 aromatic carbocycles. The third-order valence-corrected chi connectivity index (χ3v) is 3.00. The number of anilines is 1. The lowest BCUT2D eigenvalue weighted by molar-refractivity contribution is 0.202. The van der Waals surface area contributed by atoms with E-state index < -0.39 is 0 Å². The van der Waals surface area contributed by atoms with Crippen molar-refractivity contribution in [2.45, 2.75) is 19.9 Å². The Morgan fingerprint density at radius 1 is 1.11 bits per heavy atom. The highest BCUT2D eigenvalue weighted by Crippen LogP contribution is 2.16. The summed E-state index contributed by atoms with van der Waals surface area (Å²) in [5.74, 6) is 0. The van der Waals surface area contributed by atoms with Crippen molar-refractivity contribution in [3.63, 3.8) is 0 Å². The molecule has 3 heteroatoms. The topological polar surface area (TPSA) is 34.1 Å². The highest BCUT2D eigenvalue weighted by molar-refractivity contribution is 5.51. The van der Waals surface area contributed by atoms with Crippen LogP contribution in [0.3, 0.4) is 0 Å². The molecule has 3 nitrogen and oxygen atoms in total. The molecule has 0 saturated carbocycles. The number of pyridine rings is 1. The van der Waals surface area contributed by atoms with Crippen LogP contribution in [0, 0.1) is 6.92 Å². The van der Waals surface area contributed by atoms with Crippen LogP contribution in [0.15, 0.2) is 42.5 Å². The van der Waals surface area contributed by atoms with E-state index in [1.807, 2.05) is 31.2 Å². The molecular weight excluding hydrogens is 236 g/mol. The molecule has 1 heterocycles. The summed E-state index contributed by atoms with van der Waals surface area (Å²) in [6.45, 7) is 3.49. The lowest BCUT2D eigenvalue weighted by atomic mass is 10.1. The number of aryl methyl sites for hydroxylation is 1. The largest absolute Gasteiger partial charge is 0.384 e. The predicted molar refractivity (Wildman–Crippen MR) is 78.3 cm³/mol. The van der Waals surface area contributed by atoms with E-state index in [0.717, 1.165) is 36.6 Å². The normalized spacial score (nSPS) is 10.4. The van der Waals surface area contributed by atoms with Crippen LogP contribution in [0.5, 0.6) is 0 Å². The van der Waals surface area contributed by atoms with Gasteiger partial charge in [-0.1, -0.05) is 24.3 Å². The van der Waals surface area contributed by atoms with Crippen LogP contribution >= 0.6 is 0 Å². The van der Waals surface area contributed by atoms with E-state index in [2.05, 4.69) is 28.5 Å². The van der Waals surface area contributed by atoms with Crippen molar-refractivity contribution in [3.05, 3.63) is 59.4 Å². The zero-order valence-corrected chi connectivity index (χ0v) is 11.5.